The van der Waals surface area contributed by atoms with Gasteiger partial charge in [-0.05, 0) is 105 Å². The highest BCUT2D eigenvalue weighted by molar-refractivity contribution is 6.03. The number of aliphatic carboxylic acids is 1. The van der Waals surface area contributed by atoms with Gasteiger partial charge < -0.3 is 41.4 Å². The maximum Gasteiger partial charge on any atom is 0.343 e. The third-order valence-electron chi connectivity index (χ3n) is 12.9. The third-order valence-corrected chi connectivity index (χ3v) is 12.9. The number of nitrogens with zero attached hydrogens (tertiary/aromatic N) is 2. The first-order chi connectivity index (χ1) is 29.6. The zero-order chi connectivity index (χ0) is 44.5. The van der Waals surface area contributed by atoms with Gasteiger partial charge in [0.25, 0.3) is 0 Å². The minimum Gasteiger partial charge on any atom is -0.481 e. The minimum atomic E-state index is -2.01. The van der Waals surface area contributed by atoms with Crippen molar-refractivity contribution in [2.24, 2.45) is 22.6 Å². The normalized spacial score (nSPS) is 24.6. The Kier molecular flexibility index (Phi) is 13.1. The smallest absolute Gasteiger partial charge is 0.343 e. The molecule has 4 amide bonds. The van der Waals surface area contributed by atoms with Crippen LogP contribution in [0.4, 0.5) is 4.39 Å². The van der Waals surface area contributed by atoms with Gasteiger partial charge >= 0.3 is 11.9 Å². The number of cyclic esters (lactones) is 1. The molecule has 17 nitrogen and oxygen atoms in total. The number of carboxylic acids is 1. The average Bonchev–Trinajstić information content (AvgIpc) is 3.28. The fourth-order valence-corrected chi connectivity index (χ4v) is 9.21. The van der Waals surface area contributed by atoms with Gasteiger partial charge in [0.05, 0.1) is 30.4 Å². The predicted molar refractivity (Wildman–Crippen MR) is 220 cm³/mol. The molecule has 2 bridgehead atoms. The van der Waals surface area contributed by atoms with E-state index in [2.05, 4.69) is 20.9 Å². The van der Waals surface area contributed by atoms with Crippen LogP contribution in [0.1, 0.15) is 98.6 Å². The number of ketones is 1. The van der Waals surface area contributed by atoms with Crippen molar-refractivity contribution < 1.29 is 57.6 Å². The molecule has 330 valence electrons. The van der Waals surface area contributed by atoms with E-state index in [-0.39, 0.29) is 85.6 Å². The molecule has 1 aliphatic heterocycles. The maximum absolute atomic E-state index is 15.4. The Labute approximate surface area is 356 Å². The molecule has 0 spiro atoms. The molecule has 1 fully saturated rings. The number of esters is 1. The number of fused-ring (bicyclic) bond motifs is 5. The summed E-state index contributed by atoms with van der Waals surface area (Å²) >= 11 is 0. The van der Waals surface area contributed by atoms with Gasteiger partial charge in [-0.2, -0.15) is 0 Å². The standard InChI is InChI=1S/C44H51FN6O11/c1-3-44(60)30-14-24-10-22(4-8-34(52)29(30)19-61-43(44)59)11-28-38-23(5-6-27-21(2)31(45)15-33(39(27)38)51-40(24)28)17-47-41(57)25-12-26(13-25)62-20-49-36(54)18-48-42(58)32(7-9-37(55)56)50-35(53)16-46/h14-15,17,22-23,25-26,32,60H,3-13,16,18-20,46H2,1-2H3,(H,48,58)(H,49,54)(H,50,53)(H,55,56)/t22?,23?,25?,26?,32-,44-/m0/s1. The highest BCUT2D eigenvalue weighted by Gasteiger charge is 2.46. The lowest BCUT2D eigenvalue weighted by molar-refractivity contribution is -0.163. The number of nitrogens with one attached hydrogen (secondary N) is 3. The minimum absolute atomic E-state index is 0.000702. The van der Waals surface area contributed by atoms with E-state index >= 15 is 4.39 Å². The SMILES string of the molecule is CC[C@@]1(O)C(=O)OCC2=C1C=C1CC(CCC2=O)Cc2c1nc1cc(F)c(C)c3c1c2C(C=NC(=O)C1CC(OCNC(=O)CNC(=O)[C@H](CCC(=O)O)NC(=O)CN)C1)CC3. The first kappa shape index (κ1) is 44.3. The van der Waals surface area contributed by atoms with Gasteiger partial charge in [-0.1, -0.05) is 6.92 Å². The number of halogens is 1. The van der Waals surface area contributed by atoms with E-state index in [1.807, 2.05) is 0 Å². The van der Waals surface area contributed by atoms with Gasteiger partial charge in [0.15, 0.2) is 11.4 Å². The van der Waals surface area contributed by atoms with E-state index in [0.29, 0.717) is 61.7 Å². The highest BCUT2D eigenvalue weighted by Crippen LogP contribution is 2.48. The second-order valence-electron chi connectivity index (χ2n) is 16.7. The van der Waals surface area contributed by atoms with Crippen LogP contribution in [0.5, 0.6) is 0 Å². The van der Waals surface area contributed by atoms with E-state index in [9.17, 15) is 38.7 Å². The average molecular weight is 859 g/mol. The van der Waals surface area contributed by atoms with Crippen molar-refractivity contribution in [2.75, 3.05) is 26.4 Å². The first-order valence-electron chi connectivity index (χ1n) is 21.1. The molecule has 2 aromatic rings. The number of hydrogen-bond acceptors (Lipinski definition) is 12. The number of aliphatic imine (C=N–C) groups is 1. The number of ether oxygens (including phenoxy) is 2. The molecule has 1 saturated carbocycles. The monoisotopic (exact) mass is 858 g/mol. The van der Waals surface area contributed by atoms with Crippen LogP contribution in [0, 0.1) is 24.6 Å². The lowest BCUT2D eigenvalue weighted by atomic mass is 9.72. The fourth-order valence-electron chi connectivity index (χ4n) is 9.21. The van der Waals surface area contributed by atoms with E-state index in [1.54, 1.807) is 26.1 Å². The van der Waals surface area contributed by atoms with E-state index in [0.717, 1.165) is 27.6 Å². The summed E-state index contributed by atoms with van der Waals surface area (Å²) in [6.45, 7) is 2.15. The molecule has 0 radical (unpaired) electrons. The van der Waals surface area contributed by atoms with Crippen molar-refractivity contribution in [3.63, 3.8) is 0 Å². The summed E-state index contributed by atoms with van der Waals surface area (Å²) in [5, 5.41) is 28.6. The number of aromatic nitrogens is 1. The maximum atomic E-state index is 15.4. The molecule has 4 atom stereocenters. The molecule has 7 N–H and O–H groups in total. The summed E-state index contributed by atoms with van der Waals surface area (Å²) in [6, 6.07) is 0.247. The Bertz CT molecular complexity index is 2340. The van der Waals surface area contributed by atoms with Crippen molar-refractivity contribution in [3.05, 3.63) is 57.1 Å². The number of rotatable bonds is 14. The van der Waals surface area contributed by atoms with Gasteiger partial charge in [-0.25, -0.2) is 19.2 Å². The number of Topliss-reactive ketones (excluding diaryl/α,β-unsaturated/α-hetero) is 1. The Morgan fingerprint density at radius 2 is 1.89 bits per heavy atom. The number of carboxylic acid groups (broad SMARTS) is 1. The Hall–Kier alpha value is -5.72. The Balaban J connectivity index is 1.03. The van der Waals surface area contributed by atoms with Crippen molar-refractivity contribution in [3.8, 4) is 0 Å². The molecule has 0 saturated heterocycles. The molecule has 18 heteroatoms. The van der Waals surface area contributed by atoms with Crippen molar-refractivity contribution in [1.29, 1.82) is 0 Å². The highest BCUT2D eigenvalue weighted by atomic mass is 19.1. The van der Waals surface area contributed by atoms with Crippen LogP contribution in [0.3, 0.4) is 0 Å². The second kappa shape index (κ2) is 18.3. The number of carbonyl (C=O) groups is 7. The van der Waals surface area contributed by atoms with Crippen LogP contribution in [-0.2, 0) is 55.9 Å². The molecule has 4 aliphatic carbocycles. The number of benzene rings is 1. The van der Waals surface area contributed by atoms with Gasteiger partial charge in [0.2, 0.25) is 23.6 Å². The molecule has 1 aromatic heterocycles. The molecule has 7 rings (SSSR count). The van der Waals surface area contributed by atoms with E-state index < -0.39 is 60.3 Å². The van der Waals surface area contributed by atoms with Crippen molar-refractivity contribution in [2.45, 2.75) is 108 Å². The molecule has 2 unspecified atom stereocenters. The topological polar surface area (TPSA) is 266 Å². The van der Waals surface area contributed by atoms with Crippen LogP contribution in [0.2, 0.25) is 0 Å². The third kappa shape index (κ3) is 8.94. The van der Waals surface area contributed by atoms with Gasteiger partial charge in [0.1, 0.15) is 25.2 Å². The number of hydrogen-bond donors (Lipinski definition) is 6. The van der Waals surface area contributed by atoms with Crippen molar-refractivity contribution in [1.82, 2.24) is 20.9 Å². The molecular weight excluding hydrogens is 808 g/mol. The summed E-state index contributed by atoms with van der Waals surface area (Å²) < 4.78 is 26.4. The van der Waals surface area contributed by atoms with Gasteiger partial charge in [-0.15, -0.1) is 0 Å². The van der Waals surface area contributed by atoms with Crippen molar-refractivity contribution >= 4 is 64.0 Å². The number of pyridine rings is 1. The lowest BCUT2D eigenvalue weighted by Crippen LogP contribution is -2.50. The summed E-state index contributed by atoms with van der Waals surface area (Å²) in [5.41, 5.74) is 8.85. The molecule has 2 heterocycles. The van der Waals surface area contributed by atoms with Crippen LogP contribution < -0.4 is 21.7 Å². The summed E-state index contributed by atoms with van der Waals surface area (Å²) in [5.74, 6) is -5.49. The fraction of sp³-hybridized carbons (Fsp3) is 0.523. The molecule has 5 aliphatic rings. The largest absolute Gasteiger partial charge is 0.481 e. The number of allylic oxidation sites excluding steroid dienone is 1. The number of aryl methyl sites for hydroxylation is 1. The van der Waals surface area contributed by atoms with Crippen LogP contribution in [0.25, 0.3) is 16.5 Å². The Morgan fingerprint density at radius 3 is 2.61 bits per heavy atom. The van der Waals surface area contributed by atoms with Crippen LogP contribution in [-0.4, -0.2) is 107 Å². The van der Waals surface area contributed by atoms with Gasteiger partial charge in [0, 0.05) is 53.5 Å². The van der Waals surface area contributed by atoms with Crippen LogP contribution >= 0.6 is 0 Å². The van der Waals surface area contributed by atoms with Gasteiger partial charge in [-0.3, -0.25) is 28.8 Å². The van der Waals surface area contributed by atoms with E-state index in [4.69, 9.17) is 25.3 Å². The first-order valence-corrected chi connectivity index (χ1v) is 21.1. The number of carbonyl (C=O) groups excluding carboxylic acids is 6. The van der Waals surface area contributed by atoms with Crippen LogP contribution in [0.15, 0.2) is 28.3 Å². The Morgan fingerprint density at radius 1 is 1.11 bits per heavy atom. The summed E-state index contributed by atoms with van der Waals surface area (Å²) in [4.78, 5) is 96.8. The van der Waals surface area contributed by atoms with E-state index in [1.165, 1.54) is 6.07 Å². The predicted octanol–water partition coefficient (Wildman–Crippen LogP) is 1.91. The summed E-state index contributed by atoms with van der Waals surface area (Å²) in [7, 11) is 0. The molecule has 62 heavy (non-hydrogen) atoms. The molecule has 1 aromatic carbocycles. The zero-order valence-corrected chi connectivity index (χ0v) is 34.6. The number of nitrogens with two attached hydrogens (primary N) is 1. The zero-order valence-electron chi connectivity index (χ0n) is 34.6. The summed E-state index contributed by atoms with van der Waals surface area (Å²) in [6.07, 6.45) is 6.29. The number of aliphatic hydroxyl groups is 1. The second-order valence-corrected chi connectivity index (χ2v) is 16.7. The lowest BCUT2D eigenvalue weighted by Gasteiger charge is -2.35. The number of amides is 4. The quantitative estimate of drug-likeness (QED) is 0.0902. The molecular formula is C44H51FN6O11.